The van der Waals surface area contributed by atoms with Crippen LogP contribution in [0.15, 0.2) is 27.6 Å². The Kier molecular flexibility index (Phi) is 5.37. The monoisotopic (exact) mass is 490 g/mol. The number of cyclic esters (lactones) is 1. The number of aromatic nitrogens is 2. The minimum atomic E-state index is -4.56. The Morgan fingerprint density at radius 2 is 2.09 bits per heavy atom. The summed E-state index contributed by atoms with van der Waals surface area (Å²) in [4.78, 5) is 15.5. The number of nitrogens with one attached hydrogen (secondary N) is 2. The van der Waals surface area contributed by atoms with E-state index in [0.29, 0.717) is 15.8 Å². The number of thiophene rings is 1. The van der Waals surface area contributed by atoms with Gasteiger partial charge in [-0.1, -0.05) is 17.3 Å². The first kappa shape index (κ1) is 21.3. The number of anilines is 1. The van der Waals surface area contributed by atoms with Gasteiger partial charge in [0.15, 0.2) is 0 Å². The molecule has 14 heteroatoms. The molecule has 2 aliphatic heterocycles. The molecule has 4 heterocycles. The lowest BCUT2D eigenvalue weighted by molar-refractivity contribution is -0.0327. The van der Waals surface area contributed by atoms with Crippen LogP contribution < -0.4 is 10.6 Å². The van der Waals surface area contributed by atoms with Crippen molar-refractivity contribution in [3.05, 3.63) is 24.1 Å². The first-order valence-electron chi connectivity index (χ1n) is 9.35. The highest BCUT2D eigenvalue weighted by molar-refractivity contribution is 8.00. The van der Waals surface area contributed by atoms with Gasteiger partial charge in [0, 0.05) is 10.3 Å². The summed E-state index contributed by atoms with van der Waals surface area (Å²) in [5.74, 6) is -0.0272. The van der Waals surface area contributed by atoms with Crippen LogP contribution in [0.2, 0.25) is 0 Å². The highest BCUT2D eigenvalue weighted by Crippen LogP contribution is 2.50. The maximum absolute atomic E-state index is 14.0. The number of alkyl carbamates (subject to hydrolysis) is 1. The smallest absolute Gasteiger partial charge is 0.446 e. The van der Waals surface area contributed by atoms with Gasteiger partial charge in [-0.05, 0) is 17.8 Å². The second-order valence-corrected chi connectivity index (χ2v) is 9.14. The van der Waals surface area contributed by atoms with Gasteiger partial charge >= 0.3 is 11.6 Å². The molecule has 2 saturated heterocycles. The van der Waals surface area contributed by atoms with Gasteiger partial charge in [-0.3, -0.25) is 0 Å². The van der Waals surface area contributed by atoms with E-state index >= 15 is 0 Å². The molecule has 3 atom stereocenters. The Morgan fingerprint density at radius 1 is 1.25 bits per heavy atom. The van der Waals surface area contributed by atoms with Crippen LogP contribution in [0.25, 0.3) is 20.8 Å². The Bertz CT molecular complexity index is 1170. The van der Waals surface area contributed by atoms with E-state index in [1.807, 2.05) is 0 Å². The number of carbonyl (C=O) groups excluding carboxylic acids is 1. The largest absolute Gasteiger partial charge is 0.447 e. The van der Waals surface area contributed by atoms with Gasteiger partial charge in [0.05, 0.1) is 34.5 Å². The van der Waals surface area contributed by atoms with Crippen LogP contribution in [-0.4, -0.2) is 53.8 Å². The van der Waals surface area contributed by atoms with Crippen molar-refractivity contribution in [2.24, 2.45) is 0 Å². The molecule has 1 aromatic carbocycles. The minimum absolute atomic E-state index is 0.0213. The molecule has 170 valence electrons. The van der Waals surface area contributed by atoms with Crippen molar-refractivity contribution in [2.75, 3.05) is 25.1 Å². The number of thioether (sulfide) groups is 1. The summed E-state index contributed by atoms with van der Waals surface area (Å²) in [6, 6.07) is 3.53. The first-order chi connectivity index (χ1) is 15.3. The molecule has 2 aliphatic rings. The molecule has 0 aliphatic carbocycles. The number of benzene rings is 1. The number of halogens is 4. The number of amides is 1. The maximum atomic E-state index is 14.0. The number of rotatable bonds is 5. The van der Waals surface area contributed by atoms with Crippen molar-refractivity contribution in [1.82, 2.24) is 15.5 Å². The lowest BCUT2D eigenvalue weighted by Gasteiger charge is -2.15. The van der Waals surface area contributed by atoms with Gasteiger partial charge in [-0.25, -0.2) is 9.18 Å². The number of nitrogens with zero attached hydrogens (tertiary/aromatic N) is 2. The van der Waals surface area contributed by atoms with Gasteiger partial charge < -0.3 is 24.6 Å². The number of hydrogen-bond acceptors (Lipinski definition) is 9. The van der Waals surface area contributed by atoms with Crippen molar-refractivity contribution >= 4 is 45.0 Å². The van der Waals surface area contributed by atoms with Gasteiger partial charge in [0.1, 0.15) is 18.8 Å². The van der Waals surface area contributed by atoms with Crippen LogP contribution in [-0.2, 0) is 9.47 Å². The molecule has 0 radical (unpaired) electrons. The van der Waals surface area contributed by atoms with Crippen molar-refractivity contribution in [2.45, 2.75) is 28.7 Å². The van der Waals surface area contributed by atoms with Gasteiger partial charge in [-0.2, -0.15) is 18.2 Å². The van der Waals surface area contributed by atoms with E-state index < -0.39 is 29.9 Å². The summed E-state index contributed by atoms with van der Waals surface area (Å²) in [5.41, 5.74) is -4.07. The van der Waals surface area contributed by atoms with Gasteiger partial charge in [-0.15, -0.1) is 11.3 Å². The Morgan fingerprint density at radius 3 is 2.78 bits per heavy atom. The Balaban J connectivity index is 1.56. The molecule has 0 saturated carbocycles. The van der Waals surface area contributed by atoms with Crippen LogP contribution in [0.1, 0.15) is 11.9 Å². The minimum Gasteiger partial charge on any atom is -0.447 e. The van der Waals surface area contributed by atoms with E-state index in [0.717, 1.165) is 11.3 Å². The van der Waals surface area contributed by atoms with Crippen LogP contribution >= 0.6 is 23.1 Å². The van der Waals surface area contributed by atoms with Crippen molar-refractivity contribution in [3.8, 4) is 10.7 Å². The highest BCUT2D eigenvalue weighted by atomic mass is 32.2. The van der Waals surface area contributed by atoms with Crippen LogP contribution in [0, 0.1) is 0 Å². The molecular weight excluding hydrogens is 476 g/mol. The summed E-state index contributed by atoms with van der Waals surface area (Å²) in [6.07, 6.45) is -1.87. The first-order valence-corrected chi connectivity index (χ1v) is 11.0. The van der Waals surface area contributed by atoms with Crippen LogP contribution in [0.4, 0.5) is 28.0 Å². The van der Waals surface area contributed by atoms with E-state index in [1.54, 1.807) is 18.2 Å². The number of carbonyl (C=O) groups is 1. The SMILES string of the molecule is O=C1N[C@@H](c2nc(-c3sc4c(N[C@@H]5COC[C@@H]5F)cccc4c3SC(F)(F)F)no2)CO1. The standard InChI is InChI=1S/C18H14F4N4O4S2/c19-8-4-28-5-10(8)23-9-3-1-2-7-12(9)31-14(13(7)32-18(20,21)22)15-25-16(30-26-15)11-6-29-17(27)24-11/h1-3,8,10-11,23H,4-6H2,(H,24,27)/t8-,10+,11+/m0/s1. The van der Waals surface area contributed by atoms with Crippen LogP contribution in [0.3, 0.4) is 0 Å². The number of fused-ring (bicyclic) bond motifs is 1. The molecule has 2 N–H and O–H groups in total. The molecule has 0 spiro atoms. The Labute approximate surface area is 185 Å². The van der Waals surface area contributed by atoms with E-state index in [-0.39, 0.29) is 53.1 Å². The fraction of sp³-hybridized carbons (Fsp3) is 0.389. The Hall–Kier alpha value is -2.58. The zero-order chi connectivity index (χ0) is 22.5. The van der Waals surface area contributed by atoms with Crippen molar-refractivity contribution < 1.29 is 36.4 Å². The second-order valence-electron chi connectivity index (χ2n) is 7.05. The van der Waals surface area contributed by atoms with E-state index in [1.165, 1.54) is 0 Å². The fourth-order valence-electron chi connectivity index (χ4n) is 3.42. The predicted octanol–water partition coefficient (Wildman–Crippen LogP) is 4.49. The molecule has 3 aromatic rings. The summed E-state index contributed by atoms with van der Waals surface area (Å²) in [5, 5.41) is 9.66. The summed E-state index contributed by atoms with van der Waals surface area (Å²) in [6.45, 7) is 0.0911. The van der Waals surface area contributed by atoms with E-state index in [4.69, 9.17) is 14.0 Å². The average Bonchev–Trinajstić information content (AvgIpc) is 3.50. The maximum Gasteiger partial charge on any atom is 0.446 e. The van der Waals surface area contributed by atoms with Crippen LogP contribution in [0.5, 0.6) is 0 Å². The lowest BCUT2D eigenvalue weighted by atomic mass is 10.2. The van der Waals surface area contributed by atoms with Gasteiger partial charge in [0.2, 0.25) is 5.82 Å². The van der Waals surface area contributed by atoms with E-state index in [9.17, 15) is 22.4 Å². The molecule has 5 rings (SSSR count). The summed E-state index contributed by atoms with van der Waals surface area (Å²) in [7, 11) is 0. The summed E-state index contributed by atoms with van der Waals surface area (Å²) < 4.78 is 69.7. The average molecular weight is 490 g/mol. The molecule has 0 bridgehead atoms. The number of hydrogen-bond donors (Lipinski definition) is 2. The molecular formula is C18H14F4N4O4S2. The molecule has 1 amide bonds. The molecule has 32 heavy (non-hydrogen) atoms. The predicted molar refractivity (Wildman–Crippen MR) is 107 cm³/mol. The third kappa shape index (κ3) is 4.09. The molecule has 2 aromatic heterocycles. The van der Waals surface area contributed by atoms with Crippen molar-refractivity contribution in [3.63, 3.8) is 0 Å². The second kappa shape index (κ2) is 8.08. The molecule has 8 nitrogen and oxygen atoms in total. The fourth-order valence-corrected chi connectivity index (χ4v) is 5.53. The van der Waals surface area contributed by atoms with Crippen molar-refractivity contribution in [1.29, 1.82) is 0 Å². The normalized spacial score (nSPS) is 23.5. The van der Waals surface area contributed by atoms with Gasteiger partial charge in [0.25, 0.3) is 5.89 Å². The quantitative estimate of drug-likeness (QED) is 0.399. The number of ether oxygens (including phenoxy) is 2. The highest BCUT2D eigenvalue weighted by Gasteiger charge is 2.36. The third-order valence-corrected chi connectivity index (χ3v) is 7.08. The molecule has 0 unspecified atom stereocenters. The number of alkyl halides is 4. The topological polar surface area (TPSA) is 98.5 Å². The zero-order valence-corrected chi connectivity index (χ0v) is 17.6. The third-order valence-electron chi connectivity index (χ3n) is 4.86. The zero-order valence-electron chi connectivity index (χ0n) is 15.9. The summed E-state index contributed by atoms with van der Waals surface area (Å²) >= 11 is 0.755. The lowest BCUT2D eigenvalue weighted by Crippen LogP contribution is -2.28. The van der Waals surface area contributed by atoms with E-state index in [2.05, 4.69) is 20.8 Å². The molecule has 2 fully saturated rings.